The molecule has 0 aliphatic carbocycles. The molecule has 0 spiro atoms. The molecule has 1 fully saturated rings. The predicted octanol–water partition coefficient (Wildman–Crippen LogP) is 3.99. The molecule has 2 heterocycles. The standard InChI is InChI=1S/C6H8N2OS.C2Cl4S/c1-2-4-3-5(9)8-6(10)7-4;3-1(4)2(5,6)7-1/h3H,2H2,1H3,(H2,7,8,9,10);. The number of halogens is 4. The zero-order chi connectivity index (χ0) is 13.3. The fraction of sp³-hybridized carbons (Fsp3) is 0.500. The highest BCUT2D eigenvalue weighted by molar-refractivity contribution is 8.16. The number of thioether (sulfide) groups is 1. The van der Waals surface area contributed by atoms with Crippen LogP contribution in [0.3, 0.4) is 0 Å². The Kier molecular flexibility index (Phi) is 5.27. The number of alkyl halides is 4. The Morgan fingerprint density at radius 2 is 1.76 bits per heavy atom. The molecular formula is C8H8Cl4N2OS2. The predicted molar refractivity (Wildman–Crippen MR) is 78.1 cm³/mol. The molecule has 1 aliphatic heterocycles. The number of nitrogens with one attached hydrogen (secondary N) is 2. The van der Waals surface area contributed by atoms with E-state index in [0.29, 0.717) is 4.77 Å². The van der Waals surface area contributed by atoms with E-state index in [1.54, 1.807) is 0 Å². The monoisotopic (exact) mass is 352 g/mol. The van der Waals surface area contributed by atoms with Gasteiger partial charge in [-0.15, -0.1) is 0 Å². The van der Waals surface area contributed by atoms with E-state index < -0.39 is 7.33 Å². The minimum Gasteiger partial charge on any atom is -0.336 e. The minimum absolute atomic E-state index is 0.138. The van der Waals surface area contributed by atoms with Gasteiger partial charge < -0.3 is 4.98 Å². The van der Waals surface area contributed by atoms with Gasteiger partial charge in [-0.25, -0.2) is 0 Å². The van der Waals surface area contributed by atoms with Gasteiger partial charge in [-0.1, -0.05) is 65.1 Å². The summed E-state index contributed by atoms with van der Waals surface area (Å²) in [6, 6.07) is 1.51. The Morgan fingerprint density at radius 1 is 1.29 bits per heavy atom. The van der Waals surface area contributed by atoms with Gasteiger partial charge >= 0.3 is 0 Å². The Labute approximate surface area is 127 Å². The summed E-state index contributed by atoms with van der Waals surface area (Å²) in [5.41, 5.74) is 0.731. The average Bonchev–Trinajstić information content (AvgIpc) is 2.61. The Balaban J connectivity index is 0.000000181. The summed E-state index contributed by atoms with van der Waals surface area (Å²) < 4.78 is -1.53. The molecule has 1 saturated heterocycles. The highest BCUT2D eigenvalue weighted by Gasteiger charge is 2.67. The number of hydrogen-bond donors (Lipinski definition) is 2. The van der Waals surface area contributed by atoms with Crippen molar-refractivity contribution in [2.45, 2.75) is 20.7 Å². The maximum absolute atomic E-state index is 10.7. The molecule has 96 valence electrons. The van der Waals surface area contributed by atoms with Crippen molar-refractivity contribution in [3.63, 3.8) is 0 Å². The maximum atomic E-state index is 10.7. The van der Waals surface area contributed by atoms with E-state index in [4.69, 9.17) is 58.6 Å². The zero-order valence-electron chi connectivity index (χ0n) is 8.52. The van der Waals surface area contributed by atoms with E-state index in [-0.39, 0.29) is 5.56 Å². The molecule has 0 saturated carbocycles. The van der Waals surface area contributed by atoms with Crippen LogP contribution in [0.1, 0.15) is 12.6 Å². The van der Waals surface area contributed by atoms with Crippen LogP contribution >= 0.6 is 70.4 Å². The first-order valence-electron chi connectivity index (χ1n) is 4.46. The van der Waals surface area contributed by atoms with Crippen LogP contribution < -0.4 is 5.56 Å². The first-order chi connectivity index (χ1) is 7.68. The second-order valence-electron chi connectivity index (χ2n) is 3.10. The van der Waals surface area contributed by atoms with Gasteiger partial charge in [-0.2, -0.15) is 0 Å². The molecule has 0 bridgehead atoms. The largest absolute Gasteiger partial charge is 0.336 e. The van der Waals surface area contributed by atoms with Crippen LogP contribution in [-0.4, -0.2) is 17.3 Å². The molecule has 2 rings (SSSR count). The van der Waals surface area contributed by atoms with Crippen molar-refractivity contribution >= 4 is 70.4 Å². The van der Waals surface area contributed by atoms with E-state index in [2.05, 4.69) is 9.97 Å². The SMILES string of the molecule is CCc1cc(=O)[nH]c(=S)[nH]1.ClC1(Cl)SC1(Cl)Cl. The Bertz CT molecular complexity index is 470. The highest BCUT2D eigenvalue weighted by atomic mass is 35.5. The molecular weight excluding hydrogens is 346 g/mol. The average molecular weight is 354 g/mol. The van der Waals surface area contributed by atoms with Gasteiger partial charge in [-0.3, -0.25) is 9.78 Å². The molecule has 3 nitrogen and oxygen atoms in total. The number of aryl methyl sites for hydroxylation is 1. The van der Waals surface area contributed by atoms with Crippen LogP contribution in [0, 0.1) is 4.77 Å². The van der Waals surface area contributed by atoms with Crippen molar-refractivity contribution in [1.82, 2.24) is 9.97 Å². The van der Waals surface area contributed by atoms with Gasteiger partial charge in [0.15, 0.2) is 4.77 Å². The third kappa shape index (κ3) is 4.65. The quantitative estimate of drug-likeness (QED) is 0.456. The number of H-pyrrole nitrogens is 2. The molecule has 9 heteroatoms. The summed E-state index contributed by atoms with van der Waals surface area (Å²) in [6.07, 6.45) is 0.799. The van der Waals surface area contributed by atoms with Crippen molar-refractivity contribution in [2.24, 2.45) is 0 Å². The molecule has 0 amide bonds. The van der Waals surface area contributed by atoms with Crippen LogP contribution in [0.25, 0.3) is 0 Å². The molecule has 2 N–H and O–H groups in total. The molecule has 0 radical (unpaired) electrons. The van der Waals surface area contributed by atoms with Gasteiger partial charge in [0.25, 0.3) is 5.56 Å². The summed E-state index contributed by atoms with van der Waals surface area (Å²) in [7, 11) is 0. The lowest BCUT2D eigenvalue weighted by molar-refractivity contribution is 0.964. The van der Waals surface area contributed by atoms with Gasteiger partial charge in [0.1, 0.15) is 0 Å². The molecule has 1 aromatic heterocycles. The van der Waals surface area contributed by atoms with Crippen molar-refractivity contribution in [3.8, 4) is 0 Å². The van der Waals surface area contributed by atoms with Crippen molar-refractivity contribution in [2.75, 3.05) is 0 Å². The second kappa shape index (κ2) is 5.72. The summed E-state index contributed by atoms with van der Waals surface area (Å²) >= 11 is 27.4. The van der Waals surface area contributed by atoms with Crippen molar-refractivity contribution in [3.05, 3.63) is 26.9 Å². The lowest BCUT2D eigenvalue weighted by Crippen LogP contribution is -2.07. The summed E-state index contributed by atoms with van der Waals surface area (Å²) in [6.45, 7) is 1.96. The zero-order valence-corrected chi connectivity index (χ0v) is 13.2. The molecule has 0 unspecified atom stereocenters. The summed E-state index contributed by atoms with van der Waals surface area (Å²) in [5, 5.41) is 0. The van der Waals surface area contributed by atoms with Gasteiger partial charge in [0.05, 0.1) is 0 Å². The van der Waals surface area contributed by atoms with Gasteiger partial charge in [0, 0.05) is 11.8 Å². The third-order valence-corrected chi connectivity index (χ3v) is 5.77. The number of rotatable bonds is 1. The lowest BCUT2D eigenvalue weighted by Gasteiger charge is -1.92. The van der Waals surface area contributed by atoms with E-state index in [1.807, 2.05) is 6.92 Å². The molecule has 0 aromatic carbocycles. The first kappa shape index (κ1) is 15.7. The van der Waals surface area contributed by atoms with E-state index in [1.165, 1.54) is 6.07 Å². The van der Waals surface area contributed by atoms with E-state index in [0.717, 1.165) is 23.9 Å². The van der Waals surface area contributed by atoms with Gasteiger partial charge in [-0.05, 0) is 18.6 Å². The van der Waals surface area contributed by atoms with Crippen LogP contribution in [0.5, 0.6) is 0 Å². The Morgan fingerprint density at radius 3 is 2.06 bits per heavy atom. The van der Waals surface area contributed by atoms with Gasteiger partial charge in [0.2, 0.25) is 7.33 Å². The van der Waals surface area contributed by atoms with E-state index in [9.17, 15) is 4.79 Å². The number of hydrogen-bond acceptors (Lipinski definition) is 3. The summed E-state index contributed by atoms with van der Waals surface area (Å²) in [5.74, 6) is 0. The normalized spacial score (nSPS) is 19.1. The summed E-state index contributed by atoms with van der Waals surface area (Å²) in [4.78, 5) is 16.0. The maximum Gasteiger partial charge on any atom is 0.251 e. The molecule has 1 aliphatic rings. The first-order valence-corrected chi connectivity index (χ1v) is 7.20. The lowest BCUT2D eigenvalue weighted by atomic mass is 10.3. The van der Waals surface area contributed by atoms with Crippen LogP contribution in [0.4, 0.5) is 0 Å². The Hall–Kier alpha value is 0.610. The second-order valence-corrected chi connectivity index (χ2v) is 8.49. The highest BCUT2D eigenvalue weighted by Crippen LogP contribution is 2.74. The van der Waals surface area contributed by atoms with E-state index >= 15 is 0 Å². The fourth-order valence-corrected chi connectivity index (χ4v) is 3.21. The molecule has 0 atom stereocenters. The molecule has 17 heavy (non-hydrogen) atoms. The van der Waals surface area contributed by atoms with Crippen molar-refractivity contribution < 1.29 is 0 Å². The van der Waals surface area contributed by atoms with Crippen molar-refractivity contribution in [1.29, 1.82) is 0 Å². The van der Waals surface area contributed by atoms with Crippen LogP contribution in [0.15, 0.2) is 10.9 Å². The van der Waals surface area contributed by atoms with Crippen LogP contribution in [-0.2, 0) is 6.42 Å². The minimum atomic E-state index is -0.962. The smallest absolute Gasteiger partial charge is 0.251 e. The topological polar surface area (TPSA) is 48.6 Å². The number of aromatic nitrogens is 2. The van der Waals surface area contributed by atoms with Crippen LogP contribution in [0.2, 0.25) is 0 Å². The molecule has 1 aromatic rings. The number of aromatic amines is 2. The third-order valence-electron chi connectivity index (χ3n) is 1.75. The fourth-order valence-electron chi connectivity index (χ4n) is 0.845.